The molecule has 142 valence electrons. The molecule has 3 heteroatoms. The number of rotatable bonds is 5. The Hall–Kier alpha value is -2.42. The van der Waals surface area contributed by atoms with E-state index in [2.05, 4.69) is 45.9 Å². The van der Waals surface area contributed by atoms with Crippen molar-refractivity contribution < 1.29 is 14.7 Å². The summed E-state index contributed by atoms with van der Waals surface area (Å²) in [5.41, 5.74) is 5.43. The molecule has 0 atom stereocenters. The lowest BCUT2D eigenvalue weighted by molar-refractivity contribution is -0.136. The van der Waals surface area contributed by atoms with Crippen LogP contribution in [-0.2, 0) is 28.5 Å². The summed E-state index contributed by atoms with van der Waals surface area (Å²) in [7, 11) is 0. The maximum Gasteiger partial charge on any atom is 0.307 e. The summed E-state index contributed by atoms with van der Waals surface area (Å²) in [6, 6.07) is 13.4. The van der Waals surface area contributed by atoms with Crippen LogP contribution in [-0.4, -0.2) is 16.9 Å². The molecular weight excluding hydrogens is 336 g/mol. The first kappa shape index (κ1) is 19.3. The normalized spacial score (nSPS) is 17.2. The lowest BCUT2D eigenvalue weighted by atomic mass is 9.63. The van der Waals surface area contributed by atoms with Crippen LogP contribution < -0.4 is 0 Å². The maximum atomic E-state index is 12.7. The molecule has 0 radical (unpaired) electrons. The van der Waals surface area contributed by atoms with Gasteiger partial charge in [0, 0.05) is 12.0 Å². The fourth-order valence-electron chi connectivity index (χ4n) is 4.02. The zero-order valence-electron chi connectivity index (χ0n) is 16.6. The standard InChI is InChI=1S/C24H28O3/c1-23(2)11-12-24(3,4)20-13-17(7-10-19(20)23)14-21(25)18-8-5-16(6-9-18)15-22(26)27/h5-10,13H,11-12,14-15H2,1-4H3,(H,26,27). The zero-order chi connectivity index (χ0) is 19.8. The molecule has 0 bridgehead atoms. The highest BCUT2D eigenvalue weighted by molar-refractivity contribution is 5.97. The van der Waals surface area contributed by atoms with E-state index < -0.39 is 5.97 Å². The molecule has 27 heavy (non-hydrogen) atoms. The summed E-state index contributed by atoms with van der Waals surface area (Å²) in [5.74, 6) is -0.807. The highest BCUT2D eigenvalue weighted by Crippen LogP contribution is 2.45. The van der Waals surface area contributed by atoms with Gasteiger partial charge in [0.25, 0.3) is 0 Å². The van der Waals surface area contributed by atoms with Gasteiger partial charge >= 0.3 is 5.97 Å². The van der Waals surface area contributed by atoms with E-state index in [-0.39, 0.29) is 23.0 Å². The van der Waals surface area contributed by atoms with Crippen molar-refractivity contribution in [3.63, 3.8) is 0 Å². The van der Waals surface area contributed by atoms with E-state index in [9.17, 15) is 9.59 Å². The molecule has 0 saturated heterocycles. The number of hydrogen-bond acceptors (Lipinski definition) is 2. The molecule has 0 fully saturated rings. The van der Waals surface area contributed by atoms with E-state index in [0.29, 0.717) is 17.5 Å². The van der Waals surface area contributed by atoms with E-state index in [1.54, 1.807) is 24.3 Å². The average molecular weight is 364 g/mol. The van der Waals surface area contributed by atoms with Crippen molar-refractivity contribution in [2.24, 2.45) is 0 Å². The third kappa shape index (κ3) is 4.13. The van der Waals surface area contributed by atoms with Crippen molar-refractivity contribution in [3.05, 3.63) is 70.3 Å². The number of fused-ring (bicyclic) bond motifs is 1. The Morgan fingerprint density at radius 1 is 0.815 bits per heavy atom. The van der Waals surface area contributed by atoms with Gasteiger partial charge in [-0.2, -0.15) is 0 Å². The Labute approximate surface area is 161 Å². The minimum Gasteiger partial charge on any atom is -0.481 e. The molecule has 0 spiro atoms. The Morgan fingerprint density at radius 2 is 1.37 bits per heavy atom. The summed E-state index contributed by atoms with van der Waals surface area (Å²) < 4.78 is 0. The second-order valence-electron chi connectivity index (χ2n) is 9.02. The number of carboxylic acids is 1. The molecule has 0 unspecified atom stereocenters. The molecule has 0 aliphatic heterocycles. The van der Waals surface area contributed by atoms with Crippen LogP contribution in [0.2, 0.25) is 0 Å². The van der Waals surface area contributed by atoms with Gasteiger partial charge in [-0.15, -0.1) is 0 Å². The Balaban J connectivity index is 1.82. The van der Waals surface area contributed by atoms with Crippen LogP contribution in [0.4, 0.5) is 0 Å². The quantitative estimate of drug-likeness (QED) is 0.752. The van der Waals surface area contributed by atoms with Gasteiger partial charge in [-0.25, -0.2) is 0 Å². The third-order valence-corrected chi connectivity index (χ3v) is 5.91. The van der Waals surface area contributed by atoms with Crippen molar-refractivity contribution in [2.75, 3.05) is 0 Å². The van der Waals surface area contributed by atoms with Gasteiger partial charge < -0.3 is 5.11 Å². The number of Topliss-reactive ketones (excluding diaryl/α,β-unsaturated/α-hetero) is 1. The Morgan fingerprint density at radius 3 is 1.96 bits per heavy atom. The van der Waals surface area contributed by atoms with E-state index in [0.717, 1.165) is 12.0 Å². The van der Waals surface area contributed by atoms with Gasteiger partial charge in [-0.05, 0) is 45.9 Å². The van der Waals surface area contributed by atoms with Crippen molar-refractivity contribution >= 4 is 11.8 Å². The summed E-state index contributed by atoms with van der Waals surface area (Å²) in [6.45, 7) is 9.16. The molecule has 1 aliphatic carbocycles. The predicted octanol–water partition coefficient (Wildman–Crippen LogP) is 5.09. The second kappa shape index (κ2) is 6.95. The number of ketones is 1. The molecule has 0 amide bonds. The highest BCUT2D eigenvalue weighted by atomic mass is 16.4. The van der Waals surface area contributed by atoms with Crippen LogP contribution in [0.25, 0.3) is 0 Å². The molecule has 1 aliphatic rings. The van der Waals surface area contributed by atoms with Gasteiger partial charge in [0.15, 0.2) is 5.78 Å². The van der Waals surface area contributed by atoms with Crippen LogP contribution >= 0.6 is 0 Å². The number of benzene rings is 2. The van der Waals surface area contributed by atoms with Crippen molar-refractivity contribution in [1.82, 2.24) is 0 Å². The second-order valence-corrected chi connectivity index (χ2v) is 9.02. The molecule has 0 heterocycles. The summed E-state index contributed by atoms with van der Waals surface area (Å²) >= 11 is 0. The van der Waals surface area contributed by atoms with E-state index in [4.69, 9.17) is 5.11 Å². The van der Waals surface area contributed by atoms with Crippen LogP contribution in [0.1, 0.15) is 73.1 Å². The van der Waals surface area contributed by atoms with Gasteiger partial charge in [0.1, 0.15) is 0 Å². The molecule has 2 aromatic carbocycles. The first-order chi connectivity index (χ1) is 12.6. The zero-order valence-corrected chi connectivity index (χ0v) is 16.6. The van der Waals surface area contributed by atoms with Crippen LogP contribution in [0, 0.1) is 0 Å². The summed E-state index contributed by atoms with van der Waals surface area (Å²) in [6.07, 6.45) is 2.66. The van der Waals surface area contributed by atoms with Crippen LogP contribution in [0.3, 0.4) is 0 Å². The largest absolute Gasteiger partial charge is 0.481 e. The molecule has 0 aromatic heterocycles. The molecular formula is C24H28O3. The average Bonchev–Trinajstić information content (AvgIpc) is 2.59. The topological polar surface area (TPSA) is 54.4 Å². The SMILES string of the molecule is CC1(C)CCC(C)(C)c2cc(CC(=O)c3ccc(CC(=O)O)cc3)ccc21. The van der Waals surface area contributed by atoms with Crippen LogP contribution in [0.5, 0.6) is 0 Å². The highest BCUT2D eigenvalue weighted by Gasteiger charge is 2.36. The van der Waals surface area contributed by atoms with E-state index in [1.807, 2.05) is 0 Å². The molecule has 0 saturated carbocycles. The monoisotopic (exact) mass is 364 g/mol. The molecule has 1 N–H and O–H groups in total. The number of carbonyl (C=O) groups excluding carboxylic acids is 1. The molecule has 3 nitrogen and oxygen atoms in total. The minimum absolute atomic E-state index is 0.0237. The Bertz CT molecular complexity index is 873. The van der Waals surface area contributed by atoms with Gasteiger partial charge in [0.2, 0.25) is 0 Å². The lowest BCUT2D eigenvalue weighted by Crippen LogP contribution is -2.33. The minimum atomic E-state index is -0.867. The number of aliphatic carboxylic acids is 1. The number of carbonyl (C=O) groups is 2. The predicted molar refractivity (Wildman–Crippen MR) is 108 cm³/mol. The number of carboxylic acid groups (broad SMARTS) is 1. The smallest absolute Gasteiger partial charge is 0.307 e. The Kier molecular flexibility index (Phi) is 4.98. The van der Waals surface area contributed by atoms with E-state index in [1.165, 1.54) is 17.5 Å². The fraction of sp³-hybridized carbons (Fsp3) is 0.417. The van der Waals surface area contributed by atoms with E-state index >= 15 is 0 Å². The number of hydrogen-bond donors (Lipinski definition) is 1. The molecule has 3 rings (SSSR count). The maximum absolute atomic E-state index is 12.7. The summed E-state index contributed by atoms with van der Waals surface area (Å²) in [4.78, 5) is 23.5. The molecule has 2 aromatic rings. The van der Waals surface area contributed by atoms with Crippen molar-refractivity contribution in [1.29, 1.82) is 0 Å². The van der Waals surface area contributed by atoms with Gasteiger partial charge in [0.05, 0.1) is 6.42 Å². The first-order valence-corrected chi connectivity index (χ1v) is 9.56. The first-order valence-electron chi connectivity index (χ1n) is 9.56. The van der Waals surface area contributed by atoms with Crippen LogP contribution in [0.15, 0.2) is 42.5 Å². The van der Waals surface area contributed by atoms with Gasteiger partial charge in [-0.3, -0.25) is 9.59 Å². The summed E-state index contributed by atoms with van der Waals surface area (Å²) in [5, 5.41) is 8.85. The van der Waals surface area contributed by atoms with Crippen molar-refractivity contribution in [2.45, 2.75) is 64.2 Å². The fourth-order valence-corrected chi connectivity index (χ4v) is 4.02. The lowest BCUT2D eigenvalue weighted by Gasteiger charge is -2.42. The van der Waals surface area contributed by atoms with Gasteiger partial charge in [-0.1, -0.05) is 70.2 Å². The van der Waals surface area contributed by atoms with Crippen molar-refractivity contribution in [3.8, 4) is 0 Å². The third-order valence-electron chi connectivity index (χ3n) is 5.91.